The van der Waals surface area contributed by atoms with Crippen LogP contribution in [0.2, 0.25) is 0 Å². The summed E-state index contributed by atoms with van der Waals surface area (Å²) >= 11 is 0. The molecular weight excluding hydrogens is 294 g/mol. The molecule has 2 rings (SSSR count). The zero-order valence-electron chi connectivity index (χ0n) is 13.1. The first-order chi connectivity index (χ1) is 11.1. The number of benzene rings is 2. The van der Waals surface area contributed by atoms with Crippen molar-refractivity contribution in [2.45, 2.75) is 6.92 Å². The molecule has 0 radical (unpaired) electrons. The van der Waals surface area contributed by atoms with Gasteiger partial charge in [-0.25, -0.2) is 4.79 Å². The van der Waals surface area contributed by atoms with Gasteiger partial charge in [0.15, 0.2) is 6.61 Å². The van der Waals surface area contributed by atoms with E-state index in [1.54, 1.807) is 30.3 Å². The van der Waals surface area contributed by atoms with Crippen LogP contribution in [0.15, 0.2) is 48.5 Å². The van der Waals surface area contributed by atoms with Gasteiger partial charge in [-0.15, -0.1) is 0 Å². The number of hydrogen-bond donors (Lipinski definition) is 3. The first-order valence-electron chi connectivity index (χ1n) is 7.15. The van der Waals surface area contributed by atoms with Crippen LogP contribution in [0.25, 0.3) is 0 Å². The molecular formula is C17H19N3O3. The molecule has 0 saturated heterocycles. The van der Waals surface area contributed by atoms with Crippen LogP contribution in [-0.4, -0.2) is 25.6 Å². The summed E-state index contributed by atoms with van der Waals surface area (Å²) in [7, 11) is 1.54. The van der Waals surface area contributed by atoms with Crippen LogP contribution in [0.4, 0.5) is 16.2 Å². The van der Waals surface area contributed by atoms with Crippen molar-refractivity contribution >= 4 is 23.3 Å². The lowest BCUT2D eigenvalue weighted by Crippen LogP contribution is -2.24. The number of ether oxygens (including phenoxy) is 1. The van der Waals surface area contributed by atoms with E-state index in [1.165, 1.54) is 7.05 Å². The number of rotatable bonds is 5. The molecule has 0 fully saturated rings. The molecule has 0 heterocycles. The maximum atomic E-state index is 11.9. The number of anilines is 2. The van der Waals surface area contributed by atoms with Crippen molar-refractivity contribution in [1.82, 2.24) is 5.32 Å². The summed E-state index contributed by atoms with van der Waals surface area (Å²) in [4.78, 5) is 23.0. The van der Waals surface area contributed by atoms with Gasteiger partial charge in [-0.1, -0.05) is 12.1 Å². The first kappa shape index (κ1) is 16.4. The molecule has 2 aromatic rings. The maximum Gasteiger partial charge on any atom is 0.318 e. The fourth-order valence-electron chi connectivity index (χ4n) is 1.88. The van der Waals surface area contributed by atoms with Crippen LogP contribution in [0, 0.1) is 6.92 Å². The summed E-state index contributed by atoms with van der Waals surface area (Å²) in [6.07, 6.45) is 0. The Balaban J connectivity index is 1.84. The smallest absolute Gasteiger partial charge is 0.318 e. The molecule has 3 N–H and O–H groups in total. The van der Waals surface area contributed by atoms with Crippen molar-refractivity contribution in [3.05, 3.63) is 54.1 Å². The number of hydrogen-bond acceptors (Lipinski definition) is 3. The minimum Gasteiger partial charge on any atom is -0.484 e. The van der Waals surface area contributed by atoms with E-state index < -0.39 is 0 Å². The highest BCUT2D eigenvalue weighted by Gasteiger charge is 2.05. The third kappa shape index (κ3) is 5.35. The van der Waals surface area contributed by atoms with E-state index in [4.69, 9.17) is 4.74 Å². The van der Waals surface area contributed by atoms with Crippen molar-refractivity contribution in [2.24, 2.45) is 0 Å². The number of urea groups is 1. The molecule has 0 aromatic heterocycles. The molecule has 0 spiro atoms. The van der Waals surface area contributed by atoms with Crippen molar-refractivity contribution in [1.29, 1.82) is 0 Å². The van der Waals surface area contributed by atoms with Crippen LogP contribution >= 0.6 is 0 Å². The van der Waals surface area contributed by atoms with E-state index in [0.29, 0.717) is 17.1 Å². The fourth-order valence-corrected chi connectivity index (χ4v) is 1.88. The van der Waals surface area contributed by atoms with Gasteiger partial charge in [0, 0.05) is 18.4 Å². The molecule has 120 valence electrons. The van der Waals surface area contributed by atoms with Gasteiger partial charge in [0.2, 0.25) is 0 Å². The lowest BCUT2D eigenvalue weighted by atomic mass is 10.2. The summed E-state index contributed by atoms with van der Waals surface area (Å²) in [5.74, 6) is 0.406. The molecule has 3 amide bonds. The summed E-state index contributed by atoms with van der Waals surface area (Å²) < 4.78 is 5.43. The Kier molecular flexibility index (Phi) is 5.57. The molecule has 0 unspecified atom stereocenters. The Morgan fingerprint density at radius 1 is 1.00 bits per heavy atom. The van der Waals surface area contributed by atoms with Gasteiger partial charge < -0.3 is 20.7 Å². The maximum absolute atomic E-state index is 11.9. The highest BCUT2D eigenvalue weighted by Crippen LogP contribution is 2.14. The predicted molar refractivity (Wildman–Crippen MR) is 89.8 cm³/mol. The minimum absolute atomic E-state index is 0.0678. The standard InChI is InChI=1S/C17H19N3O3/c1-12-4-3-5-15(10-12)23-11-16(21)19-13-6-8-14(9-7-13)20-17(22)18-2/h3-10H,11H2,1-2H3,(H,19,21)(H2,18,20,22). The van der Waals surface area contributed by atoms with Crippen LogP contribution < -0.4 is 20.7 Å². The lowest BCUT2D eigenvalue weighted by molar-refractivity contribution is -0.118. The summed E-state index contributed by atoms with van der Waals surface area (Å²) in [5.41, 5.74) is 2.34. The molecule has 2 aromatic carbocycles. The Morgan fingerprint density at radius 2 is 1.65 bits per heavy atom. The summed E-state index contributed by atoms with van der Waals surface area (Å²) in [6.45, 7) is 1.89. The van der Waals surface area contributed by atoms with Crippen LogP contribution in [0.5, 0.6) is 5.75 Å². The molecule has 6 heteroatoms. The van der Waals surface area contributed by atoms with Crippen molar-refractivity contribution in [3.8, 4) is 5.75 Å². The van der Waals surface area contributed by atoms with E-state index in [1.807, 2.05) is 25.1 Å². The van der Waals surface area contributed by atoms with E-state index in [2.05, 4.69) is 16.0 Å². The van der Waals surface area contributed by atoms with E-state index in [9.17, 15) is 9.59 Å². The van der Waals surface area contributed by atoms with Crippen molar-refractivity contribution in [3.63, 3.8) is 0 Å². The quantitative estimate of drug-likeness (QED) is 0.794. The Bertz CT molecular complexity index is 684. The monoisotopic (exact) mass is 313 g/mol. The predicted octanol–water partition coefficient (Wildman–Crippen LogP) is 2.76. The van der Waals surface area contributed by atoms with Gasteiger partial charge in [-0.05, 0) is 48.9 Å². The highest BCUT2D eigenvalue weighted by atomic mass is 16.5. The average molecular weight is 313 g/mol. The van der Waals surface area contributed by atoms with E-state index in [0.717, 1.165) is 5.56 Å². The van der Waals surface area contributed by atoms with Gasteiger partial charge in [0.25, 0.3) is 5.91 Å². The number of amides is 3. The lowest BCUT2D eigenvalue weighted by Gasteiger charge is -2.09. The minimum atomic E-state index is -0.298. The Labute approximate surface area is 134 Å². The Hall–Kier alpha value is -3.02. The van der Waals surface area contributed by atoms with Gasteiger partial charge in [-0.2, -0.15) is 0 Å². The number of aryl methyl sites for hydroxylation is 1. The average Bonchev–Trinajstić information content (AvgIpc) is 2.55. The highest BCUT2D eigenvalue weighted by molar-refractivity contribution is 5.93. The van der Waals surface area contributed by atoms with Gasteiger partial charge in [0.1, 0.15) is 5.75 Å². The fraction of sp³-hybridized carbons (Fsp3) is 0.176. The molecule has 0 aliphatic heterocycles. The van der Waals surface area contributed by atoms with Gasteiger partial charge in [-0.3, -0.25) is 4.79 Å². The van der Waals surface area contributed by atoms with Crippen LogP contribution in [0.1, 0.15) is 5.56 Å². The zero-order valence-corrected chi connectivity index (χ0v) is 13.1. The summed E-state index contributed by atoms with van der Waals surface area (Å²) in [5, 5.41) is 7.83. The van der Waals surface area contributed by atoms with Crippen molar-refractivity contribution in [2.75, 3.05) is 24.3 Å². The second kappa shape index (κ2) is 7.84. The largest absolute Gasteiger partial charge is 0.484 e. The molecule has 0 aliphatic rings. The molecule has 23 heavy (non-hydrogen) atoms. The van der Waals surface area contributed by atoms with Gasteiger partial charge in [0.05, 0.1) is 0 Å². The van der Waals surface area contributed by atoms with Crippen molar-refractivity contribution < 1.29 is 14.3 Å². The number of nitrogens with one attached hydrogen (secondary N) is 3. The third-order valence-electron chi connectivity index (χ3n) is 3.01. The number of carbonyl (C=O) groups is 2. The Morgan fingerprint density at radius 3 is 2.26 bits per heavy atom. The summed E-state index contributed by atoms with van der Waals surface area (Å²) in [6, 6.07) is 14.0. The second-order valence-corrected chi connectivity index (χ2v) is 4.93. The van der Waals surface area contributed by atoms with E-state index >= 15 is 0 Å². The SMILES string of the molecule is CNC(=O)Nc1ccc(NC(=O)COc2cccc(C)c2)cc1. The van der Waals surface area contributed by atoms with Crippen LogP contribution in [-0.2, 0) is 4.79 Å². The topological polar surface area (TPSA) is 79.5 Å². The molecule has 6 nitrogen and oxygen atoms in total. The first-order valence-corrected chi connectivity index (χ1v) is 7.15. The van der Waals surface area contributed by atoms with Crippen LogP contribution in [0.3, 0.4) is 0 Å². The molecule has 0 bridgehead atoms. The van der Waals surface area contributed by atoms with Gasteiger partial charge >= 0.3 is 6.03 Å². The zero-order chi connectivity index (χ0) is 16.7. The number of carbonyl (C=O) groups excluding carboxylic acids is 2. The normalized spacial score (nSPS) is 9.83. The molecule has 0 atom stereocenters. The molecule has 0 saturated carbocycles. The van der Waals surface area contributed by atoms with E-state index in [-0.39, 0.29) is 18.5 Å². The molecule has 0 aliphatic carbocycles. The second-order valence-electron chi connectivity index (χ2n) is 4.93. The third-order valence-corrected chi connectivity index (χ3v) is 3.01.